The summed E-state index contributed by atoms with van der Waals surface area (Å²) in [6.07, 6.45) is 1.59. The van der Waals surface area contributed by atoms with Crippen molar-refractivity contribution < 1.29 is 14.4 Å². The van der Waals surface area contributed by atoms with Crippen LogP contribution in [0.25, 0.3) is 16.3 Å². The van der Waals surface area contributed by atoms with Crippen LogP contribution in [0.4, 0.5) is 10.8 Å². The predicted molar refractivity (Wildman–Crippen MR) is 196 cm³/mol. The van der Waals surface area contributed by atoms with Crippen molar-refractivity contribution in [2.24, 2.45) is 0 Å². The van der Waals surface area contributed by atoms with Gasteiger partial charge in [0.05, 0.1) is 10.2 Å². The van der Waals surface area contributed by atoms with Gasteiger partial charge < -0.3 is 16.0 Å². The van der Waals surface area contributed by atoms with Gasteiger partial charge in [-0.1, -0.05) is 95.7 Å². The third-order valence-corrected chi connectivity index (χ3v) is 9.60. The molecule has 0 aliphatic rings. The van der Waals surface area contributed by atoms with Crippen molar-refractivity contribution in [3.05, 3.63) is 160 Å². The van der Waals surface area contributed by atoms with Gasteiger partial charge in [0.1, 0.15) is 10.9 Å². The van der Waals surface area contributed by atoms with Crippen LogP contribution in [0.1, 0.15) is 32.3 Å². The molecule has 0 aliphatic carbocycles. The van der Waals surface area contributed by atoms with Gasteiger partial charge in [0, 0.05) is 21.2 Å². The molecular formula is C38H29ClN4O3S2. The summed E-state index contributed by atoms with van der Waals surface area (Å²) in [5, 5.41) is 9.15. The molecule has 5 aromatic carbocycles. The van der Waals surface area contributed by atoms with Gasteiger partial charge in [-0.25, -0.2) is 4.98 Å². The summed E-state index contributed by atoms with van der Waals surface area (Å²) < 4.78 is 1.00. The fourth-order valence-corrected chi connectivity index (χ4v) is 6.98. The van der Waals surface area contributed by atoms with Crippen molar-refractivity contribution in [2.75, 3.05) is 10.6 Å². The lowest BCUT2D eigenvalue weighted by Gasteiger charge is -2.17. The van der Waals surface area contributed by atoms with Gasteiger partial charge in [-0.15, -0.1) is 11.8 Å². The monoisotopic (exact) mass is 688 g/mol. The number of fused-ring (bicyclic) bond motifs is 1. The molecule has 3 amide bonds. The van der Waals surface area contributed by atoms with Crippen molar-refractivity contribution in [1.82, 2.24) is 10.3 Å². The first-order valence-corrected chi connectivity index (χ1v) is 17.0. The molecule has 238 valence electrons. The van der Waals surface area contributed by atoms with E-state index < -0.39 is 17.1 Å². The minimum Gasteiger partial charge on any atom is -0.321 e. The molecule has 0 saturated carbocycles. The van der Waals surface area contributed by atoms with E-state index >= 15 is 0 Å². The molecule has 0 radical (unpaired) electrons. The molecule has 1 aromatic heterocycles. The Labute approximate surface area is 291 Å². The van der Waals surface area contributed by atoms with Crippen molar-refractivity contribution in [1.29, 1.82) is 0 Å². The molecule has 0 saturated heterocycles. The normalized spacial score (nSPS) is 11.9. The summed E-state index contributed by atoms with van der Waals surface area (Å²) in [7, 11) is 0. The maximum absolute atomic E-state index is 13.7. The van der Waals surface area contributed by atoms with Crippen molar-refractivity contribution in [3.63, 3.8) is 0 Å². The Hall–Kier alpha value is -5.22. The minimum absolute atomic E-state index is 0.0526. The molecular weight excluding hydrogens is 660 g/mol. The third-order valence-electron chi connectivity index (χ3n) is 7.17. The Kier molecular flexibility index (Phi) is 10.3. The Bertz CT molecular complexity index is 2120. The summed E-state index contributed by atoms with van der Waals surface area (Å²) in [4.78, 5) is 45.7. The number of aromatic nitrogens is 1. The molecule has 6 aromatic rings. The number of nitrogens with zero attached hydrogens (tertiary/aromatic N) is 1. The van der Waals surface area contributed by atoms with E-state index in [0.717, 1.165) is 26.2 Å². The Morgan fingerprint density at radius 1 is 0.812 bits per heavy atom. The average Bonchev–Trinajstić information content (AvgIpc) is 3.50. The van der Waals surface area contributed by atoms with Gasteiger partial charge in [-0.3, -0.25) is 14.4 Å². The summed E-state index contributed by atoms with van der Waals surface area (Å²) in [5.74, 6) is -1.15. The number of hydrogen-bond donors (Lipinski definition) is 3. The van der Waals surface area contributed by atoms with Crippen LogP contribution in [-0.2, 0) is 9.59 Å². The zero-order valence-corrected chi connectivity index (χ0v) is 28.0. The first kappa shape index (κ1) is 32.7. The van der Waals surface area contributed by atoms with E-state index in [1.807, 2.05) is 61.5 Å². The lowest BCUT2D eigenvalue weighted by atomic mass is 10.1. The molecule has 6 rings (SSSR count). The maximum Gasteiger partial charge on any atom is 0.272 e. The molecule has 10 heteroatoms. The molecule has 1 atom stereocenters. The lowest BCUT2D eigenvalue weighted by Crippen LogP contribution is -2.30. The second-order valence-electron chi connectivity index (χ2n) is 10.8. The number of carbonyl (C=O) groups is 3. The number of thiazole rings is 1. The number of carbonyl (C=O) groups excluding carboxylic acids is 3. The molecule has 0 aliphatic heterocycles. The first-order chi connectivity index (χ1) is 23.3. The van der Waals surface area contributed by atoms with Crippen LogP contribution in [-0.4, -0.2) is 22.7 Å². The standard InChI is InChI=1S/C38H29ClN4O3S2/c1-24-15-20-31-33(21-24)48-38(42-31)43-37(46)34(26-9-4-2-5-10-26)47-30-14-8-13-29(23-30)40-36(45)32(22-25-16-18-28(39)19-17-25)41-35(44)27-11-6-3-7-12-27/h2-23,34H,1H3,(H,40,45)(H,41,44)(H,42,43,46)/b32-22-. The summed E-state index contributed by atoms with van der Waals surface area (Å²) in [6.45, 7) is 2.02. The summed E-state index contributed by atoms with van der Waals surface area (Å²) >= 11 is 8.84. The molecule has 0 fully saturated rings. The molecule has 1 unspecified atom stereocenters. The number of nitrogens with one attached hydrogen (secondary N) is 3. The summed E-state index contributed by atoms with van der Waals surface area (Å²) in [5.41, 5.74) is 4.42. The molecule has 48 heavy (non-hydrogen) atoms. The highest BCUT2D eigenvalue weighted by molar-refractivity contribution is 8.00. The van der Waals surface area contributed by atoms with Crippen LogP contribution in [0.15, 0.2) is 138 Å². The Morgan fingerprint density at radius 3 is 2.29 bits per heavy atom. The zero-order valence-electron chi connectivity index (χ0n) is 25.6. The minimum atomic E-state index is -0.601. The Morgan fingerprint density at radius 2 is 1.54 bits per heavy atom. The van der Waals surface area contributed by atoms with E-state index in [1.54, 1.807) is 72.8 Å². The van der Waals surface area contributed by atoms with Gasteiger partial charge in [0.2, 0.25) is 5.91 Å². The van der Waals surface area contributed by atoms with E-state index in [0.29, 0.717) is 27.0 Å². The van der Waals surface area contributed by atoms with Crippen molar-refractivity contribution >= 4 is 79.5 Å². The predicted octanol–water partition coefficient (Wildman–Crippen LogP) is 9.14. The zero-order chi connectivity index (χ0) is 33.5. The van der Waals surface area contributed by atoms with Crippen LogP contribution in [0.3, 0.4) is 0 Å². The fourth-order valence-electron chi connectivity index (χ4n) is 4.81. The highest BCUT2D eigenvalue weighted by Gasteiger charge is 2.24. The number of aryl methyl sites for hydroxylation is 1. The number of halogens is 1. The van der Waals surface area contributed by atoms with Crippen LogP contribution in [0.2, 0.25) is 5.02 Å². The van der Waals surface area contributed by atoms with Gasteiger partial charge in [0.25, 0.3) is 11.8 Å². The highest BCUT2D eigenvalue weighted by atomic mass is 35.5. The number of anilines is 2. The maximum atomic E-state index is 13.7. The lowest BCUT2D eigenvalue weighted by molar-refractivity contribution is -0.116. The largest absolute Gasteiger partial charge is 0.321 e. The van der Waals surface area contributed by atoms with Gasteiger partial charge in [0.15, 0.2) is 5.13 Å². The van der Waals surface area contributed by atoms with E-state index in [9.17, 15) is 14.4 Å². The van der Waals surface area contributed by atoms with Gasteiger partial charge in [-0.2, -0.15) is 0 Å². The molecule has 0 bridgehead atoms. The smallest absolute Gasteiger partial charge is 0.272 e. The number of thioether (sulfide) groups is 1. The topological polar surface area (TPSA) is 100 Å². The van der Waals surface area contributed by atoms with Crippen LogP contribution in [0.5, 0.6) is 0 Å². The van der Waals surface area contributed by atoms with Crippen LogP contribution in [0, 0.1) is 6.92 Å². The van der Waals surface area contributed by atoms with Crippen molar-refractivity contribution in [3.8, 4) is 0 Å². The van der Waals surface area contributed by atoms with Gasteiger partial charge in [-0.05, 0) is 84.3 Å². The van der Waals surface area contributed by atoms with E-state index in [1.165, 1.54) is 23.1 Å². The molecule has 7 nitrogen and oxygen atoms in total. The average molecular weight is 689 g/mol. The van der Waals surface area contributed by atoms with E-state index in [-0.39, 0.29) is 11.6 Å². The second-order valence-corrected chi connectivity index (χ2v) is 13.4. The van der Waals surface area contributed by atoms with Gasteiger partial charge >= 0.3 is 0 Å². The summed E-state index contributed by atoms with van der Waals surface area (Å²) in [6, 6.07) is 38.3. The SMILES string of the molecule is Cc1ccc2nc(NC(=O)C(Sc3cccc(NC(=O)/C(=C/c4ccc(Cl)cc4)NC(=O)c4ccccc4)c3)c3ccccc3)sc2c1. The first-order valence-electron chi connectivity index (χ1n) is 15.0. The highest BCUT2D eigenvalue weighted by Crippen LogP contribution is 2.38. The Balaban J connectivity index is 1.22. The van der Waals surface area contributed by atoms with Crippen molar-refractivity contribution in [2.45, 2.75) is 17.1 Å². The van der Waals surface area contributed by atoms with Crippen LogP contribution < -0.4 is 16.0 Å². The third kappa shape index (κ3) is 8.38. The number of rotatable bonds is 10. The molecule has 0 spiro atoms. The molecule has 1 heterocycles. The second kappa shape index (κ2) is 15.1. The van der Waals surface area contributed by atoms with Crippen LogP contribution >= 0.6 is 34.7 Å². The number of hydrogen-bond acceptors (Lipinski definition) is 6. The van der Waals surface area contributed by atoms with E-state index in [4.69, 9.17) is 11.6 Å². The molecule has 3 N–H and O–H groups in total. The quantitative estimate of drug-likeness (QED) is 0.0985. The fraction of sp³-hybridized carbons (Fsp3) is 0.0526. The number of amides is 3. The number of benzene rings is 5. The van der Waals surface area contributed by atoms with E-state index in [2.05, 4.69) is 27.0 Å².